The zero-order valence-corrected chi connectivity index (χ0v) is 8.71. The first-order valence-corrected chi connectivity index (χ1v) is 4.55. The number of halogens is 5. The quantitative estimate of drug-likeness (QED) is 0.633. The summed E-state index contributed by atoms with van der Waals surface area (Å²) in [6.07, 6.45) is 0. The first-order valence-electron chi connectivity index (χ1n) is 3.79. The lowest BCUT2D eigenvalue weighted by atomic mass is 10.1. The van der Waals surface area contributed by atoms with E-state index in [1.54, 1.807) is 0 Å². The molecule has 0 bridgehead atoms. The zero-order valence-electron chi connectivity index (χ0n) is 7.20. The van der Waals surface area contributed by atoms with Crippen LogP contribution in [0, 0.1) is 17.5 Å². The summed E-state index contributed by atoms with van der Waals surface area (Å²) in [4.78, 5) is 0. The van der Waals surface area contributed by atoms with Gasteiger partial charge in [-0.2, -0.15) is 0 Å². The number of benzene rings is 1. The van der Waals surface area contributed by atoms with Gasteiger partial charge in [0.2, 0.25) is 0 Å². The van der Waals surface area contributed by atoms with Gasteiger partial charge in [-0.3, -0.25) is 0 Å². The largest absolute Gasteiger partial charge is 0.394 e. The molecule has 0 aliphatic carbocycles. The molecule has 1 aromatic rings. The molecule has 0 aromatic heterocycles. The second-order valence-electron chi connectivity index (χ2n) is 2.77. The van der Waals surface area contributed by atoms with Crippen molar-refractivity contribution in [1.29, 1.82) is 0 Å². The van der Waals surface area contributed by atoms with Crippen molar-refractivity contribution in [3.63, 3.8) is 0 Å². The van der Waals surface area contributed by atoms with Crippen LogP contribution in [-0.2, 0) is 0 Å². The lowest BCUT2D eigenvalue weighted by Crippen LogP contribution is -2.19. The molecule has 0 spiro atoms. The van der Waals surface area contributed by atoms with Crippen LogP contribution in [0.15, 0.2) is 0 Å². The van der Waals surface area contributed by atoms with Crippen molar-refractivity contribution in [3.8, 4) is 0 Å². The van der Waals surface area contributed by atoms with Crippen molar-refractivity contribution in [2.24, 2.45) is 5.73 Å². The summed E-state index contributed by atoms with van der Waals surface area (Å²) in [5, 5.41) is 6.76. The predicted octanol–water partition coefficient (Wildman–Crippen LogP) is 2.40. The number of aliphatic hydroxyl groups is 1. The summed E-state index contributed by atoms with van der Waals surface area (Å²) in [5.41, 5.74) is 4.49. The van der Waals surface area contributed by atoms with E-state index in [4.69, 9.17) is 34.0 Å². The second kappa shape index (κ2) is 4.57. The molecule has 1 aromatic carbocycles. The Labute approximate surface area is 93.4 Å². The van der Waals surface area contributed by atoms with Crippen molar-refractivity contribution in [2.75, 3.05) is 6.61 Å². The molecule has 1 rings (SSSR count). The van der Waals surface area contributed by atoms with Gasteiger partial charge in [0.05, 0.1) is 12.6 Å². The summed E-state index contributed by atoms with van der Waals surface area (Å²) in [6, 6.07) is -1.35. The molecule has 0 saturated carbocycles. The van der Waals surface area contributed by atoms with Crippen LogP contribution in [0.25, 0.3) is 0 Å². The Morgan fingerprint density at radius 2 is 1.47 bits per heavy atom. The minimum Gasteiger partial charge on any atom is -0.394 e. The molecule has 0 aliphatic rings. The van der Waals surface area contributed by atoms with E-state index in [0.29, 0.717) is 0 Å². The van der Waals surface area contributed by atoms with Crippen LogP contribution >= 0.6 is 23.2 Å². The minimum absolute atomic E-state index is 0.716. The van der Waals surface area contributed by atoms with Crippen molar-refractivity contribution in [3.05, 3.63) is 33.1 Å². The van der Waals surface area contributed by atoms with Gasteiger partial charge >= 0.3 is 0 Å². The summed E-state index contributed by atoms with van der Waals surface area (Å²) in [6.45, 7) is -0.716. The molecule has 1 atom stereocenters. The van der Waals surface area contributed by atoms with Crippen LogP contribution < -0.4 is 5.73 Å². The molecule has 15 heavy (non-hydrogen) atoms. The molecule has 0 aliphatic heterocycles. The van der Waals surface area contributed by atoms with E-state index in [-0.39, 0.29) is 0 Å². The Kier molecular flexibility index (Phi) is 3.83. The topological polar surface area (TPSA) is 46.2 Å². The predicted molar refractivity (Wildman–Crippen MR) is 50.4 cm³/mol. The molecule has 2 nitrogen and oxygen atoms in total. The van der Waals surface area contributed by atoms with Gasteiger partial charge in [0.15, 0.2) is 17.5 Å². The highest BCUT2D eigenvalue weighted by molar-refractivity contribution is 6.35. The lowest BCUT2D eigenvalue weighted by molar-refractivity contribution is 0.262. The standard InChI is InChI=1S/C8H6Cl2F3NO/c9-4-6(11)3(2(14)1-15)7(12)5(10)8(4)13/h2,15H,1,14H2/t2-/m1/s1. The maximum Gasteiger partial charge on any atom is 0.166 e. The average molecular weight is 260 g/mol. The molecule has 0 radical (unpaired) electrons. The maximum atomic E-state index is 13.3. The molecule has 0 amide bonds. The fraction of sp³-hybridized carbons (Fsp3) is 0.250. The van der Waals surface area contributed by atoms with Gasteiger partial charge in [-0.25, -0.2) is 13.2 Å². The zero-order chi connectivity index (χ0) is 11.7. The van der Waals surface area contributed by atoms with Crippen molar-refractivity contribution in [2.45, 2.75) is 6.04 Å². The van der Waals surface area contributed by atoms with Crippen LogP contribution in [0.3, 0.4) is 0 Å². The van der Waals surface area contributed by atoms with Gasteiger partial charge in [-0.05, 0) is 0 Å². The van der Waals surface area contributed by atoms with Crippen LogP contribution in [0.4, 0.5) is 13.2 Å². The summed E-state index contributed by atoms with van der Waals surface area (Å²) < 4.78 is 39.5. The van der Waals surface area contributed by atoms with Gasteiger partial charge in [-0.1, -0.05) is 23.2 Å². The van der Waals surface area contributed by atoms with E-state index in [1.807, 2.05) is 0 Å². The van der Waals surface area contributed by atoms with Gasteiger partial charge < -0.3 is 10.8 Å². The Bertz CT molecular complexity index is 371. The number of hydrogen-bond acceptors (Lipinski definition) is 2. The average Bonchev–Trinajstić information content (AvgIpc) is 2.23. The number of nitrogens with two attached hydrogens (primary N) is 1. The molecular formula is C8H6Cl2F3NO. The Balaban J connectivity index is 3.52. The molecule has 0 heterocycles. The Morgan fingerprint density at radius 3 is 1.80 bits per heavy atom. The van der Waals surface area contributed by atoms with Crippen LogP contribution in [0.1, 0.15) is 11.6 Å². The van der Waals surface area contributed by atoms with Gasteiger partial charge in [-0.15, -0.1) is 0 Å². The van der Waals surface area contributed by atoms with Crippen LogP contribution in [-0.4, -0.2) is 11.7 Å². The monoisotopic (exact) mass is 259 g/mol. The van der Waals surface area contributed by atoms with Crippen LogP contribution in [0.5, 0.6) is 0 Å². The van der Waals surface area contributed by atoms with Crippen molar-refractivity contribution >= 4 is 23.2 Å². The second-order valence-corrected chi connectivity index (χ2v) is 3.53. The highest BCUT2D eigenvalue weighted by Gasteiger charge is 2.26. The third kappa shape index (κ3) is 2.06. The van der Waals surface area contributed by atoms with Gasteiger partial charge in [0.1, 0.15) is 10.0 Å². The molecule has 0 fully saturated rings. The van der Waals surface area contributed by atoms with E-state index >= 15 is 0 Å². The molecule has 7 heteroatoms. The SMILES string of the molecule is N[C@H](CO)c1c(F)c(Cl)c(F)c(Cl)c1F. The first kappa shape index (κ1) is 12.6. The molecule has 84 valence electrons. The number of rotatable bonds is 2. The first-order chi connectivity index (χ1) is 6.91. The highest BCUT2D eigenvalue weighted by atomic mass is 35.5. The van der Waals surface area contributed by atoms with E-state index in [1.165, 1.54) is 0 Å². The fourth-order valence-corrected chi connectivity index (χ4v) is 1.48. The number of aliphatic hydroxyl groups excluding tert-OH is 1. The minimum atomic E-state index is -1.39. The third-order valence-electron chi connectivity index (χ3n) is 1.81. The summed E-state index contributed by atoms with van der Waals surface area (Å²) in [7, 11) is 0. The molecule has 0 saturated heterocycles. The summed E-state index contributed by atoms with van der Waals surface area (Å²) in [5.74, 6) is -4.09. The number of hydrogen-bond donors (Lipinski definition) is 2. The lowest BCUT2D eigenvalue weighted by Gasteiger charge is -2.13. The van der Waals surface area contributed by atoms with E-state index in [2.05, 4.69) is 0 Å². The fourth-order valence-electron chi connectivity index (χ4n) is 1.04. The molecule has 0 unspecified atom stereocenters. The Morgan fingerprint density at radius 1 is 1.07 bits per heavy atom. The van der Waals surface area contributed by atoms with Gasteiger partial charge in [0.25, 0.3) is 0 Å². The maximum absolute atomic E-state index is 13.3. The van der Waals surface area contributed by atoms with E-state index < -0.39 is 45.7 Å². The smallest absolute Gasteiger partial charge is 0.166 e. The molecular weight excluding hydrogens is 254 g/mol. The summed E-state index contributed by atoms with van der Waals surface area (Å²) >= 11 is 10.4. The van der Waals surface area contributed by atoms with E-state index in [9.17, 15) is 13.2 Å². The normalized spacial score (nSPS) is 13.0. The van der Waals surface area contributed by atoms with Crippen molar-refractivity contribution < 1.29 is 18.3 Å². The highest BCUT2D eigenvalue weighted by Crippen LogP contribution is 2.34. The Hall–Kier alpha value is -0.490. The third-order valence-corrected chi connectivity index (χ3v) is 2.47. The van der Waals surface area contributed by atoms with E-state index in [0.717, 1.165) is 0 Å². The van der Waals surface area contributed by atoms with Gasteiger partial charge in [0, 0.05) is 5.56 Å². The van der Waals surface area contributed by atoms with Crippen LogP contribution in [0.2, 0.25) is 10.0 Å². The van der Waals surface area contributed by atoms with Crippen molar-refractivity contribution in [1.82, 2.24) is 0 Å². The molecule has 3 N–H and O–H groups in total.